The molecule has 3 rings (SSSR count). The summed E-state index contributed by atoms with van der Waals surface area (Å²) in [6.07, 6.45) is 1.70. The molecule has 5 nitrogen and oxygen atoms in total. The number of hydrogen-bond donors (Lipinski definition) is 1. The number of carbonyl (C=O) groups excluding carboxylic acids is 1. The second-order valence-electron chi connectivity index (χ2n) is 6.19. The molecule has 0 atom stereocenters. The van der Waals surface area contributed by atoms with Crippen LogP contribution in [-0.2, 0) is 27.8 Å². The molecule has 1 aliphatic heterocycles. The Morgan fingerprint density at radius 3 is 2.56 bits per heavy atom. The average Bonchev–Trinajstić information content (AvgIpc) is 2.61. The molecule has 1 aliphatic rings. The molecule has 0 radical (unpaired) electrons. The third-order valence-corrected chi connectivity index (χ3v) is 6.13. The summed E-state index contributed by atoms with van der Waals surface area (Å²) in [6.45, 7) is 2.78. The number of carbonyl (C=O) groups is 1. The Labute approximate surface area is 148 Å². The largest absolute Gasteiger partial charge is 0.326 e. The molecule has 6 heteroatoms. The predicted molar refractivity (Wildman–Crippen MR) is 97.7 cm³/mol. The minimum atomic E-state index is -3.59. The smallest absolute Gasteiger partial charge is 0.243 e. The van der Waals surface area contributed by atoms with Crippen LogP contribution in [0, 0.1) is 0 Å². The summed E-state index contributed by atoms with van der Waals surface area (Å²) in [5.74, 6) is -0.0280. The van der Waals surface area contributed by atoms with Gasteiger partial charge in [0.15, 0.2) is 0 Å². The van der Waals surface area contributed by atoms with Crippen LogP contribution in [0.2, 0.25) is 0 Å². The molecule has 0 saturated carbocycles. The first-order valence-electron chi connectivity index (χ1n) is 8.47. The molecule has 1 amide bonds. The second-order valence-corrected chi connectivity index (χ2v) is 8.13. The van der Waals surface area contributed by atoms with E-state index in [1.165, 1.54) is 4.31 Å². The zero-order valence-corrected chi connectivity index (χ0v) is 15.1. The number of fused-ring (bicyclic) bond motifs is 1. The van der Waals surface area contributed by atoms with Crippen molar-refractivity contribution >= 4 is 21.6 Å². The SMILES string of the molecule is CCCN(Cc1ccccc1)S(=O)(=O)c1ccc2c(c1)CCC(=O)N2. The van der Waals surface area contributed by atoms with Crippen LogP contribution >= 0.6 is 0 Å². The fourth-order valence-electron chi connectivity index (χ4n) is 2.99. The standard InChI is InChI=1S/C19H22N2O3S/c1-2-12-21(14-15-6-4-3-5-7-15)25(23,24)17-9-10-18-16(13-17)8-11-19(22)20-18/h3-7,9-10,13H,2,8,11-12,14H2,1H3,(H,20,22). The molecule has 0 fully saturated rings. The molecule has 2 aromatic rings. The maximum absolute atomic E-state index is 13.1. The Bertz CT molecular complexity index is 863. The third-order valence-electron chi connectivity index (χ3n) is 4.28. The van der Waals surface area contributed by atoms with Gasteiger partial charge in [-0.1, -0.05) is 37.3 Å². The summed E-state index contributed by atoms with van der Waals surface area (Å²) in [5.41, 5.74) is 2.54. The Balaban J connectivity index is 1.91. The molecule has 0 unspecified atom stereocenters. The van der Waals surface area contributed by atoms with Gasteiger partial charge in [0.05, 0.1) is 4.90 Å². The number of benzene rings is 2. The van der Waals surface area contributed by atoms with Crippen LogP contribution in [0.4, 0.5) is 5.69 Å². The van der Waals surface area contributed by atoms with Crippen LogP contribution in [0.5, 0.6) is 0 Å². The van der Waals surface area contributed by atoms with Gasteiger partial charge >= 0.3 is 0 Å². The molecule has 1 heterocycles. The molecule has 2 aromatic carbocycles. The highest BCUT2D eigenvalue weighted by Gasteiger charge is 2.26. The molecule has 0 spiro atoms. The highest BCUT2D eigenvalue weighted by atomic mass is 32.2. The first-order chi connectivity index (χ1) is 12.0. The minimum Gasteiger partial charge on any atom is -0.326 e. The summed E-state index contributed by atoms with van der Waals surface area (Å²) in [4.78, 5) is 11.8. The molecule has 0 aliphatic carbocycles. The van der Waals surface area contributed by atoms with E-state index in [2.05, 4.69) is 5.32 Å². The highest BCUT2D eigenvalue weighted by molar-refractivity contribution is 7.89. The maximum atomic E-state index is 13.1. The van der Waals surface area contributed by atoms with Gasteiger partial charge in [-0.05, 0) is 42.2 Å². The van der Waals surface area contributed by atoms with E-state index >= 15 is 0 Å². The van der Waals surface area contributed by atoms with Crippen molar-refractivity contribution in [2.24, 2.45) is 0 Å². The number of nitrogens with one attached hydrogen (secondary N) is 1. The number of aryl methyl sites for hydroxylation is 1. The molecule has 0 saturated heterocycles. The van der Waals surface area contributed by atoms with Crippen molar-refractivity contribution in [3.8, 4) is 0 Å². The van der Waals surface area contributed by atoms with Crippen molar-refractivity contribution in [3.63, 3.8) is 0 Å². The molecule has 1 N–H and O–H groups in total. The lowest BCUT2D eigenvalue weighted by atomic mass is 10.0. The quantitative estimate of drug-likeness (QED) is 0.862. The Kier molecular flexibility index (Phi) is 5.20. The van der Waals surface area contributed by atoms with Crippen molar-refractivity contribution in [1.29, 1.82) is 0 Å². The molecular weight excluding hydrogens is 336 g/mol. The van der Waals surface area contributed by atoms with Gasteiger partial charge in [-0.3, -0.25) is 4.79 Å². The normalized spacial score (nSPS) is 14.2. The van der Waals surface area contributed by atoms with Gasteiger partial charge < -0.3 is 5.32 Å². The summed E-state index contributed by atoms with van der Waals surface area (Å²) in [7, 11) is -3.59. The lowest BCUT2D eigenvalue weighted by Crippen LogP contribution is -2.31. The van der Waals surface area contributed by atoms with Gasteiger partial charge in [-0.25, -0.2) is 8.42 Å². The number of hydrogen-bond acceptors (Lipinski definition) is 3. The third kappa shape index (κ3) is 3.91. The van der Waals surface area contributed by atoms with Gasteiger partial charge in [0.25, 0.3) is 0 Å². The van der Waals surface area contributed by atoms with Gasteiger partial charge in [0, 0.05) is 25.2 Å². The molecule has 132 valence electrons. The van der Waals surface area contributed by atoms with Crippen LogP contribution in [0.3, 0.4) is 0 Å². The van der Waals surface area contributed by atoms with Gasteiger partial charge in [0.1, 0.15) is 0 Å². The summed E-state index contributed by atoms with van der Waals surface area (Å²) >= 11 is 0. The fraction of sp³-hybridized carbons (Fsp3) is 0.316. The zero-order chi connectivity index (χ0) is 17.9. The molecule has 25 heavy (non-hydrogen) atoms. The maximum Gasteiger partial charge on any atom is 0.243 e. The van der Waals surface area contributed by atoms with Crippen molar-refractivity contribution < 1.29 is 13.2 Å². The topological polar surface area (TPSA) is 66.5 Å². The van der Waals surface area contributed by atoms with E-state index in [1.54, 1.807) is 18.2 Å². The monoisotopic (exact) mass is 358 g/mol. The van der Waals surface area contributed by atoms with Gasteiger partial charge in [-0.2, -0.15) is 4.31 Å². The lowest BCUT2D eigenvalue weighted by molar-refractivity contribution is -0.116. The Morgan fingerprint density at radius 2 is 1.84 bits per heavy atom. The Hall–Kier alpha value is -2.18. The van der Waals surface area contributed by atoms with Crippen LogP contribution in [-0.4, -0.2) is 25.2 Å². The highest BCUT2D eigenvalue weighted by Crippen LogP contribution is 2.27. The summed E-state index contributed by atoms with van der Waals surface area (Å²) in [5, 5.41) is 2.79. The van der Waals surface area contributed by atoms with Crippen LogP contribution in [0.15, 0.2) is 53.4 Å². The number of anilines is 1. The van der Waals surface area contributed by atoms with E-state index in [4.69, 9.17) is 0 Å². The Morgan fingerprint density at radius 1 is 1.08 bits per heavy atom. The van der Waals surface area contributed by atoms with E-state index in [-0.39, 0.29) is 10.8 Å². The number of amides is 1. The summed E-state index contributed by atoms with van der Waals surface area (Å²) in [6, 6.07) is 14.6. The first kappa shape index (κ1) is 17.6. The van der Waals surface area contributed by atoms with Crippen molar-refractivity contribution in [2.75, 3.05) is 11.9 Å². The van der Waals surface area contributed by atoms with Crippen molar-refractivity contribution in [1.82, 2.24) is 4.31 Å². The van der Waals surface area contributed by atoms with E-state index in [1.807, 2.05) is 37.3 Å². The predicted octanol–water partition coefficient (Wildman–Crippen LogP) is 3.17. The first-order valence-corrected chi connectivity index (χ1v) is 9.91. The second kappa shape index (κ2) is 7.37. The van der Waals surface area contributed by atoms with E-state index in [0.717, 1.165) is 17.5 Å². The van der Waals surface area contributed by atoms with E-state index in [0.29, 0.717) is 31.6 Å². The summed E-state index contributed by atoms with van der Waals surface area (Å²) < 4.78 is 27.8. The van der Waals surface area contributed by atoms with Crippen LogP contribution in [0.25, 0.3) is 0 Å². The van der Waals surface area contributed by atoms with Gasteiger partial charge in [0.2, 0.25) is 15.9 Å². The minimum absolute atomic E-state index is 0.0280. The molecular formula is C19H22N2O3S. The fourth-order valence-corrected chi connectivity index (χ4v) is 4.56. The molecule has 0 aromatic heterocycles. The van der Waals surface area contributed by atoms with Crippen LogP contribution in [0.1, 0.15) is 30.9 Å². The number of nitrogens with zero attached hydrogens (tertiary/aromatic N) is 1. The van der Waals surface area contributed by atoms with Gasteiger partial charge in [-0.15, -0.1) is 0 Å². The van der Waals surface area contributed by atoms with Crippen molar-refractivity contribution in [3.05, 3.63) is 59.7 Å². The zero-order valence-electron chi connectivity index (χ0n) is 14.2. The van der Waals surface area contributed by atoms with E-state index < -0.39 is 10.0 Å². The number of rotatable bonds is 6. The van der Waals surface area contributed by atoms with Crippen molar-refractivity contribution in [2.45, 2.75) is 37.6 Å². The van der Waals surface area contributed by atoms with E-state index in [9.17, 15) is 13.2 Å². The lowest BCUT2D eigenvalue weighted by Gasteiger charge is -2.23. The molecule has 0 bridgehead atoms. The number of sulfonamides is 1. The average molecular weight is 358 g/mol. The van der Waals surface area contributed by atoms with Crippen LogP contribution < -0.4 is 5.32 Å².